The van der Waals surface area contributed by atoms with E-state index in [1.807, 2.05) is 12.1 Å². The summed E-state index contributed by atoms with van der Waals surface area (Å²) in [6.45, 7) is 6.49. The number of anilines is 2. The smallest absolute Gasteiger partial charge is 0.0127 e. The topological polar surface area (TPSA) is 94.0 Å². The number of fused-ring (bicyclic) bond motifs is 2. The number of aromatic nitrogens is 3. The Labute approximate surface area is 174 Å². The van der Waals surface area contributed by atoms with Gasteiger partial charge in [-0.25, -0.2) is 0 Å². The van der Waals surface area contributed by atoms with Crippen LogP contribution in [0.1, 0.15) is 13.8 Å². The molecule has 7 nitrogen and oxygen atoms in total. The number of H-pyrrole nitrogens is 2. The predicted molar refractivity (Wildman–Crippen MR) is 120 cm³/mol. The van der Waals surface area contributed by atoms with E-state index in [9.17, 15) is 4.79 Å². The molecule has 2 unspecified atom stereocenters. The summed E-state index contributed by atoms with van der Waals surface area (Å²) < 4.78 is 1.02. The molecule has 1 aliphatic heterocycles. The quantitative estimate of drug-likeness (QED) is 0.403. The van der Waals surface area contributed by atoms with E-state index in [1.54, 1.807) is 0 Å². The van der Waals surface area contributed by atoms with Gasteiger partial charge in [0, 0.05) is 0 Å². The molecule has 5 rings (SSSR count). The van der Waals surface area contributed by atoms with Gasteiger partial charge >= 0.3 is 167 Å². The number of hydrogen-bond acceptors (Lipinski definition) is 5. The van der Waals surface area contributed by atoms with Crippen LogP contribution in [-0.2, 0) is 0 Å². The number of benzene rings is 1. The number of nitrogens with one attached hydrogen (secondary N) is 2. The van der Waals surface area contributed by atoms with Crippen molar-refractivity contribution in [2.45, 2.75) is 25.9 Å². The van der Waals surface area contributed by atoms with Gasteiger partial charge in [-0.15, -0.1) is 0 Å². The molecule has 1 aromatic carbocycles. The summed E-state index contributed by atoms with van der Waals surface area (Å²) in [4.78, 5) is 30.5. The van der Waals surface area contributed by atoms with Gasteiger partial charge in [0.05, 0.1) is 0 Å². The van der Waals surface area contributed by atoms with E-state index in [0.717, 1.165) is 33.9 Å². The maximum absolute atomic E-state index is 12.7. The molecule has 0 amide bonds. The van der Waals surface area contributed by atoms with Crippen LogP contribution in [0.4, 0.5) is 11.4 Å². The van der Waals surface area contributed by atoms with Crippen molar-refractivity contribution in [1.29, 1.82) is 0 Å². The Bertz CT molecular complexity index is 1260. The van der Waals surface area contributed by atoms with Gasteiger partial charge in [0.15, 0.2) is 0 Å². The molecule has 2 atom stereocenters. The fourth-order valence-electron chi connectivity index (χ4n) is 4.20. The van der Waals surface area contributed by atoms with Gasteiger partial charge in [0.2, 0.25) is 0 Å². The first kappa shape index (κ1) is 18.5. The molecular formula is C21H24N6OSe. The molecule has 8 heteroatoms. The van der Waals surface area contributed by atoms with Crippen LogP contribution in [0.3, 0.4) is 0 Å². The van der Waals surface area contributed by atoms with Gasteiger partial charge in [-0.05, 0) is 7.05 Å². The zero-order valence-corrected chi connectivity index (χ0v) is 18.4. The van der Waals surface area contributed by atoms with Crippen molar-refractivity contribution in [3.05, 3.63) is 39.6 Å². The third-order valence-electron chi connectivity index (χ3n) is 6.08. The average Bonchev–Trinajstić information content (AvgIpc) is 3.31. The first-order valence-corrected chi connectivity index (χ1v) is 11.6. The number of nitrogen functional groups attached to an aromatic ring is 1. The monoisotopic (exact) mass is 456 g/mol. The molecule has 0 saturated carbocycles. The summed E-state index contributed by atoms with van der Waals surface area (Å²) in [5.74, 6) is 0.529. The Morgan fingerprint density at radius 2 is 1.90 bits per heavy atom. The fraction of sp³-hybridized carbons (Fsp3) is 0.333. The maximum atomic E-state index is 12.7. The predicted octanol–water partition coefficient (Wildman–Crippen LogP) is 2.24. The van der Waals surface area contributed by atoms with E-state index in [2.05, 4.69) is 62.7 Å². The number of rotatable bonds is 2. The van der Waals surface area contributed by atoms with Gasteiger partial charge in [0.1, 0.15) is 0 Å². The van der Waals surface area contributed by atoms with Gasteiger partial charge in [0.25, 0.3) is 0 Å². The van der Waals surface area contributed by atoms with Crippen LogP contribution in [0, 0.1) is 0 Å². The molecule has 0 radical (unpaired) electrons. The number of piperazine rings is 1. The SMILES string of the molecule is CC1CN(c2ccc3nc(-c4c(N)c5[se]ccc5[nH]c4=O)[nH]c3c2)CC(C)N1C. The third kappa shape index (κ3) is 2.99. The first-order valence-electron chi connectivity index (χ1n) is 9.78. The summed E-state index contributed by atoms with van der Waals surface area (Å²) in [5, 5.41) is 0. The molecule has 150 valence electrons. The molecule has 3 aromatic heterocycles. The second kappa shape index (κ2) is 6.76. The minimum atomic E-state index is -0.204. The molecule has 0 spiro atoms. The summed E-state index contributed by atoms with van der Waals surface area (Å²) in [6, 6.07) is 9.17. The van der Waals surface area contributed by atoms with E-state index < -0.39 is 0 Å². The van der Waals surface area contributed by atoms with Crippen LogP contribution in [0.5, 0.6) is 0 Å². The van der Waals surface area contributed by atoms with Crippen LogP contribution in [0.2, 0.25) is 0 Å². The van der Waals surface area contributed by atoms with Crippen molar-refractivity contribution in [3.8, 4) is 11.4 Å². The first-order chi connectivity index (χ1) is 13.9. The summed E-state index contributed by atoms with van der Waals surface area (Å²) in [7, 11) is 2.19. The second-order valence-corrected chi connectivity index (χ2v) is 9.88. The van der Waals surface area contributed by atoms with Gasteiger partial charge < -0.3 is 0 Å². The Hall–Kier alpha value is -2.54. The van der Waals surface area contributed by atoms with E-state index in [0.29, 0.717) is 29.2 Å². The number of likely N-dealkylation sites (N-methyl/N-ethyl adjacent to an activating group) is 1. The Kier molecular flexibility index (Phi) is 4.31. The van der Waals surface area contributed by atoms with E-state index in [1.165, 1.54) is 5.69 Å². The third-order valence-corrected chi connectivity index (χ3v) is 8.07. The molecule has 29 heavy (non-hydrogen) atoms. The summed E-state index contributed by atoms with van der Waals surface area (Å²) >= 11 is 0.145. The number of nitrogens with zero attached hydrogens (tertiary/aromatic N) is 3. The van der Waals surface area contributed by atoms with Crippen LogP contribution in [-0.4, -0.2) is 66.6 Å². The van der Waals surface area contributed by atoms with E-state index in [4.69, 9.17) is 5.73 Å². The summed E-state index contributed by atoms with van der Waals surface area (Å²) in [6.07, 6.45) is 0. The van der Waals surface area contributed by atoms with Crippen LogP contribution in [0.15, 0.2) is 34.0 Å². The fourth-order valence-corrected chi connectivity index (χ4v) is 5.91. The minimum absolute atomic E-state index is 0.145. The van der Waals surface area contributed by atoms with Gasteiger partial charge in [-0.2, -0.15) is 0 Å². The number of hydrogen-bond donors (Lipinski definition) is 3. The molecule has 4 N–H and O–H groups in total. The van der Waals surface area contributed by atoms with Crippen molar-refractivity contribution in [2.24, 2.45) is 0 Å². The van der Waals surface area contributed by atoms with Gasteiger partial charge in [-0.1, -0.05) is 0 Å². The van der Waals surface area contributed by atoms with Crippen LogP contribution >= 0.6 is 0 Å². The second-order valence-electron chi connectivity index (χ2n) is 7.96. The molecular weight excluding hydrogens is 431 g/mol. The van der Waals surface area contributed by atoms with Crippen molar-refractivity contribution in [2.75, 3.05) is 30.8 Å². The molecule has 0 bridgehead atoms. The van der Waals surface area contributed by atoms with Crippen LogP contribution in [0.25, 0.3) is 32.2 Å². The summed E-state index contributed by atoms with van der Waals surface area (Å²) in [5.41, 5.74) is 10.9. The number of aromatic amines is 2. The van der Waals surface area contributed by atoms with Crippen molar-refractivity contribution >= 4 is 46.7 Å². The minimum Gasteiger partial charge on any atom is -0.0127 e. The average molecular weight is 455 g/mol. The number of pyridine rings is 1. The molecule has 4 heterocycles. The molecule has 1 saturated heterocycles. The Morgan fingerprint density at radius 1 is 1.14 bits per heavy atom. The van der Waals surface area contributed by atoms with Crippen LogP contribution < -0.4 is 16.2 Å². The normalized spacial score (nSPS) is 20.7. The number of imidazole rings is 1. The van der Waals surface area contributed by atoms with Crippen molar-refractivity contribution < 1.29 is 0 Å². The van der Waals surface area contributed by atoms with Crippen molar-refractivity contribution in [3.63, 3.8) is 0 Å². The zero-order valence-electron chi connectivity index (χ0n) is 16.7. The molecule has 0 aliphatic carbocycles. The standard InChI is InChI=1S/C21H24N6OSe/c1-11-9-27(10-12(2)26(11)3)13-4-5-14-16(8-13)24-20(23-14)17-18(22)19-15(6-7-29-19)25-21(17)28/h4-8,11-12H,9-10H2,1-3H3,(H,23,24)(H3,22,25,28). The van der Waals surface area contributed by atoms with E-state index >= 15 is 0 Å². The van der Waals surface area contributed by atoms with Gasteiger partial charge in [-0.3, -0.25) is 0 Å². The number of nitrogens with two attached hydrogens (primary N) is 1. The van der Waals surface area contributed by atoms with E-state index in [-0.39, 0.29) is 20.1 Å². The molecule has 4 aromatic rings. The Morgan fingerprint density at radius 3 is 2.66 bits per heavy atom. The van der Waals surface area contributed by atoms with Crippen molar-refractivity contribution in [1.82, 2.24) is 19.9 Å². The Balaban J connectivity index is 1.56. The zero-order chi connectivity index (χ0) is 20.3. The molecule has 1 aliphatic rings. The molecule has 1 fully saturated rings.